The lowest BCUT2D eigenvalue weighted by Crippen LogP contribution is -2.27. The summed E-state index contributed by atoms with van der Waals surface area (Å²) in [5.74, 6) is -1.43. The Bertz CT molecular complexity index is 232. The van der Waals surface area contributed by atoms with E-state index >= 15 is 0 Å². The Balaban J connectivity index is 4.18. The summed E-state index contributed by atoms with van der Waals surface area (Å²) >= 11 is 0. The van der Waals surface area contributed by atoms with Crippen molar-refractivity contribution in [2.45, 2.75) is 12.5 Å². The van der Waals surface area contributed by atoms with Gasteiger partial charge in [-0.05, 0) is 0 Å². The summed E-state index contributed by atoms with van der Waals surface area (Å²) in [5, 5.41) is 8.13. The van der Waals surface area contributed by atoms with Crippen molar-refractivity contribution in [2.75, 3.05) is 14.2 Å². The van der Waals surface area contributed by atoms with Crippen molar-refractivity contribution in [3.8, 4) is 6.26 Å². The van der Waals surface area contributed by atoms with E-state index in [0.29, 0.717) is 0 Å². The molecule has 72 valence electrons. The molecule has 13 heavy (non-hydrogen) atoms. The number of methoxy groups -OCH3 is 2. The van der Waals surface area contributed by atoms with Crippen LogP contribution in [-0.2, 0) is 23.8 Å². The van der Waals surface area contributed by atoms with Gasteiger partial charge in [0, 0.05) is 0 Å². The molecule has 0 N–H and O–H groups in total. The van der Waals surface area contributed by atoms with Crippen LogP contribution in [0.4, 0.5) is 0 Å². The van der Waals surface area contributed by atoms with E-state index < -0.39 is 18.0 Å². The van der Waals surface area contributed by atoms with Gasteiger partial charge in [0.15, 0.2) is 0 Å². The number of esters is 2. The zero-order valence-electron chi connectivity index (χ0n) is 7.27. The molecule has 0 aromatic carbocycles. The van der Waals surface area contributed by atoms with E-state index in [-0.39, 0.29) is 6.42 Å². The Labute approximate surface area is 75.0 Å². The van der Waals surface area contributed by atoms with Crippen LogP contribution >= 0.6 is 0 Å². The second-order valence-electron chi connectivity index (χ2n) is 2.00. The van der Waals surface area contributed by atoms with Gasteiger partial charge in [-0.1, -0.05) is 0 Å². The second kappa shape index (κ2) is 5.83. The van der Waals surface area contributed by atoms with Crippen LogP contribution in [0.3, 0.4) is 0 Å². The Morgan fingerprint density at radius 2 is 2.00 bits per heavy atom. The molecular formula is C7H9NO5. The van der Waals surface area contributed by atoms with Gasteiger partial charge in [-0.3, -0.25) is 4.79 Å². The minimum atomic E-state index is -1.22. The fourth-order valence-corrected chi connectivity index (χ4v) is 0.603. The van der Waals surface area contributed by atoms with Crippen LogP contribution in [0.5, 0.6) is 0 Å². The standard InChI is InChI=1S/C7H9NO5/c1-11-6(9)3-5(13-4-8)7(10)12-2/h5H,3H2,1-2H3. The van der Waals surface area contributed by atoms with Crippen molar-refractivity contribution in [2.24, 2.45) is 0 Å². The van der Waals surface area contributed by atoms with E-state index in [9.17, 15) is 9.59 Å². The van der Waals surface area contributed by atoms with Crippen molar-refractivity contribution in [1.29, 1.82) is 5.26 Å². The van der Waals surface area contributed by atoms with Crippen LogP contribution in [0.2, 0.25) is 0 Å². The lowest BCUT2D eigenvalue weighted by molar-refractivity contribution is -0.156. The summed E-state index contributed by atoms with van der Waals surface area (Å²) in [6.07, 6.45) is -0.253. The van der Waals surface area contributed by atoms with Crippen LogP contribution in [-0.4, -0.2) is 32.3 Å². The van der Waals surface area contributed by atoms with Gasteiger partial charge in [0.25, 0.3) is 6.26 Å². The predicted octanol–water partition coefficient (Wildman–Crippen LogP) is -0.411. The zero-order valence-corrected chi connectivity index (χ0v) is 7.27. The van der Waals surface area contributed by atoms with Crippen molar-refractivity contribution >= 4 is 11.9 Å². The van der Waals surface area contributed by atoms with Gasteiger partial charge in [-0.2, -0.15) is 5.26 Å². The van der Waals surface area contributed by atoms with Crippen LogP contribution in [0.15, 0.2) is 0 Å². The highest BCUT2D eigenvalue weighted by atomic mass is 16.6. The number of rotatable bonds is 4. The molecule has 6 heteroatoms. The first kappa shape index (κ1) is 11.2. The van der Waals surface area contributed by atoms with Gasteiger partial charge in [0.2, 0.25) is 6.10 Å². The number of hydrogen-bond acceptors (Lipinski definition) is 6. The predicted molar refractivity (Wildman–Crippen MR) is 39.1 cm³/mol. The van der Waals surface area contributed by atoms with Crippen LogP contribution in [0.25, 0.3) is 0 Å². The minimum Gasteiger partial charge on any atom is -0.469 e. The molecule has 1 atom stereocenters. The first-order valence-corrected chi connectivity index (χ1v) is 3.35. The normalized spacial score (nSPS) is 10.8. The lowest BCUT2D eigenvalue weighted by atomic mass is 10.2. The van der Waals surface area contributed by atoms with Crippen LogP contribution in [0.1, 0.15) is 6.42 Å². The molecule has 0 saturated heterocycles. The highest BCUT2D eigenvalue weighted by Gasteiger charge is 2.24. The van der Waals surface area contributed by atoms with E-state index in [1.165, 1.54) is 13.4 Å². The van der Waals surface area contributed by atoms with Gasteiger partial charge in [-0.25, -0.2) is 4.79 Å². The maximum Gasteiger partial charge on any atom is 0.348 e. The molecular weight excluding hydrogens is 178 g/mol. The first-order valence-electron chi connectivity index (χ1n) is 3.35. The third-order valence-electron chi connectivity index (χ3n) is 1.24. The SMILES string of the molecule is COC(=O)CC(OC#N)C(=O)OC. The Morgan fingerprint density at radius 3 is 2.38 bits per heavy atom. The maximum absolute atomic E-state index is 10.8. The van der Waals surface area contributed by atoms with Crippen molar-refractivity contribution in [3.63, 3.8) is 0 Å². The molecule has 0 aliphatic carbocycles. The first-order chi connectivity index (χ1) is 6.15. The number of hydrogen-bond donors (Lipinski definition) is 0. The van der Waals surface area contributed by atoms with Crippen LogP contribution in [0, 0.1) is 11.5 Å². The molecule has 0 aliphatic heterocycles. The van der Waals surface area contributed by atoms with E-state index in [2.05, 4.69) is 14.2 Å². The van der Waals surface area contributed by atoms with E-state index in [1.54, 1.807) is 0 Å². The third kappa shape index (κ3) is 3.96. The smallest absolute Gasteiger partial charge is 0.348 e. The Morgan fingerprint density at radius 1 is 1.38 bits per heavy atom. The largest absolute Gasteiger partial charge is 0.469 e. The molecule has 0 heterocycles. The summed E-state index contributed by atoms with van der Waals surface area (Å²) in [7, 11) is 2.30. The topological polar surface area (TPSA) is 85.6 Å². The van der Waals surface area contributed by atoms with E-state index in [0.717, 1.165) is 7.11 Å². The quantitative estimate of drug-likeness (QED) is 0.439. The molecule has 0 spiro atoms. The average Bonchev–Trinajstić information content (AvgIpc) is 2.15. The molecule has 0 aliphatic rings. The fourth-order valence-electron chi connectivity index (χ4n) is 0.603. The molecule has 0 saturated carbocycles. The van der Waals surface area contributed by atoms with Crippen molar-refractivity contribution in [3.05, 3.63) is 0 Å². The summed E-state index contributed by atoms with van der Waals surface area (Å²) in [4.78, 5) is 21.5. The van der Waals surface area contributed by atoms with Gasteiger partial charge in [-0.15, -0.1) is 0 Å². The molecule has 0 radical (unpaired) electrons. The zero-order chi connectivity index (χ0) is 10.3. The maximum atomic E-state index is 10.8. The lowest BCUT2D eigenvalue weighted by Gasteiger charge is -2.09. The number of carbonyl (C=O) groups is 2. The summed E-state index contributed by atoms with van der Waals surface area (Å²) < 4.78 is 12.9. The molecule has 0 bridgehead atoms. The Hall–Kier alpha value is -1.77. The van der Waals surface area contributed by atoms with Crippen molar-refractivity contribution in [1.82, 2.24) is 0 Å². The average molecular weight is 187 g/mol. The minimum absolute atomic E-state index is 0.337. The molecule has 1 unspecified atom stereocenters. The van der Waals surface area contributed by atoms with E-state index in [1.807, 2.05) is 0 Å². The number of nitriles is 1. The molecule has 0 aromatic rings. The number of carbonyl (C=O) groups excluding carboxylic acids is 2. The summed E-state index contributed by atoms with van der Waals surface area (Å²) in [6.45, 7) is 0. The molecule has 6 nitrogen and oxygen atoms in total. The third-order valence-corrected chi connectivity index (χ3v) is 1.24. The molecule has 0 aromatic heterocycles. The number of nitrogens with zero attached hydrogens (tertiary/aromatic N) is 1. The molecule has 0 fully saturated rings. The highest BCUT2D eigenvalue weighted by Crippen LogP contribution is 2.01. The van der Waals surface area contributed by atoms with Gasteiger partial charge in [0.05, 0.1) is 20.6 Å². The molecule has 0 rings (SSSR count). The monoisotopic (exact) mass is 187 g/mol. The van der Waals surface area contributed by atoms with Gasteiger partial charge in [0.1, 0.15) is 0 Å². The Kier molecular flexibility index (Phi) is 5.03. The van der Waals surface area contributed by atoms with Gasteiger partial charge >= 0.3 is 11.9 Å². The van der Waals surface area contributed by atoms with E-state index in [4.69, 9.17) is 5.26 Å². The number of ether oxygens (including phenoxy) is 3. The summed E-state index contributed by atoms with van der Waals surface area (Å²) in [6, 6.07) is 0. The van der Waals surface area contributed by atoms with Crippen LogP contribution < -0.4 is 0 Å². The second-order valence-corrected chi connectivity index (χ2v) is 2.00. The summed E-state index contributed by atoms with van der Waals surface area (Å²) in [5.41, 5.74) is 0. The van der Waals surface area contributed by atoms with Crippen molar-refractivity contribution < 1.29 is 23.8 Å². The van der Waals surface area contributed by atoms with Gasteiger partial charge < -0.3 is 14.2 Å². The fraction of sp³-hybridized carbons (Fsp3) is 0.571. The molecule has 0 amide bonds. The highest BCUT2D eigenvalue weighted by molar-refractivity contribution is 5.81.